The van der Waals surface area contributed by atoms with Gasteiger partial charge in [-0.2, -0.15) is 0 Å². The van der Waals surface area contributed by atoms with Gasteiger partial charge in [-0.1, -0.05) is 33.6 Å². The van der Waals surface area contributed by atoms with Gasteiger partial charge in [0.1, 0.15) is 0 Å². The van der Waals surface area contributed by atoms with Crippen molar-refractivity contribution in [1.29, 1.82) is 0 Å². The molecule has 0 saturated heterocycles. The smallest absolute Gasteiger partial charge is 0.000529 e. The molecule has 1 aliphatic rings. The highest BCUT2D eigenvalue weighted by atomic mass is 14.9. The van der Waals surface area contributed by atoms with Gasteiger partial charge in [-0.25, -0.2) is 0 Å². The summed E-state index contributed by atoms with van der Waals surface area (Å²) in [6.45, 7) is 10.1. The van der Waals surface area contributed by atoms with Crippen molar-refractivity contribution in [1.82, 2.24) is 5.32 Å². The minimum absolute atomic E-state index is 0.477. The van der Waals surface area contributed by atoms with Crippen molar-refractivity contribution < 1.29 is 0 Å². The van der Waals surface area contributed by atoms with Crippen molar-refractivity contribution in [3.05, 3.63) is 0 Å². The molecule has 90 valence electrons. The minimum atomic E-state index is 0.477. The monoisotopic (exact) mass is 212 g/mol. The second-order valence-corrected chi connectivity index (χ2v) is 5.76. The van der Waals surface area contributed by atoms with Crippen molar-refractivity contribution in [3.63, 3.8) is 0 Å². The van der Waals surface area contributed by atoms with Crippen LogP contribution >= 0.6 is 0 Å². The van der Waals surface area contributed by atoms with E-state index in [2.05, 4.69) is 26.1 Å². The number of nitrogens with two attached hydrogens (primary N) is 1. The second kappa shape index (κ2) is 5.86. The first kappa shape index (κ1) is 13.0. The number of hydrogen-bond donors (Lipinski definition) is 2. The van der Waals surface area contributed by atoms with Gasteiger partial charge in [0.25, 0.3) is 0 Å². The fraction of sp³-hybridized carbons (Fsp3) is 1.00. The van der Waals surface area contributed by atoms with Gasteiger partial charge >= 0.3 is 0 Å². The van der Waals surface area contributed by atoms with Gasteiger partial charge in [-0.3, -0.25) is 0 Å². The van der Waals surface area contributed by atoms with E-state index in [0.717, 1.165) is 25.6 Å². The van der Waals surface area contributed by atoms with Crippen molar-refractivity contribution in [2.45, 2.75) is 46.5 Å². The molecule has 1 saturated carbocycles. The second-order valence-electron chi connectivity index (χ2n) is 5.76. The Bertz CT molecular complexity index is 169. The molecule has 2 nitrogen and oxygen atoms in total. The van der Waals surface area contributed by atoms with Gasteiger partial charge in [0.2, 0.25) is 0 Å². The van der Waals surface area contributed by atoms with Crippen molar-refractivity contribution in [2.75, 3.05) is 19.6 Å². The standard InChI is InChI=1S/C13H28N2/c1-4-11(8-14)9-15-10-13(2,3)12-6-5-7-12/h11-12,15H,4-10,14H2,1-3H3. The highest BCUT2D eigenvalue weighted by Gasteiger charge is 2.33. The van der Waals surface area contributed by atoms with Gasteiger partial charge in [0, 0.05) is 6.54 Å². The third kappa shape index (κ3) is 3.76. The molecule has 15 heavy (non-hydrogen) atoms. The van der Waals surface area contributed by atoms with Crippen LogP contribution in [0.3, 0.4) is 0 Å². The maximum Gasteiger partial charge on any atom is 0.000529 e. The molecule has 3 N–H and O–H groups in total. The van der Waals surface area contributed by atoms with E-state index in [0.29, 0.717) is 11.3 Å². The number of hydrogen-bond acceptors (Lipinski definition) is 2. The lowest BCUT2D eigenvalue weighted by molar-refractivity contribution is 0.117. The van der Waals surface area contributed by atoms with Crippen molar-refractivity contribution in [2.24, 2.45) is 23.0 Å². The zero-order valence-corrected chi connectivity index (χ0v) is 10.7. The summed E-state index contributed by atoms with van der Waals surface area (Å²) in [4.78, 5) is 0. The van der Waals surface area contributed by atoms with Gasteiger partial charge in [0.15, 0.2) is 0 Å². The highest BCUT2D eigenvalue weighted by molar-refractivity contribution is 4.86. The van der Waals surface area contributed by atoms with Crippen LogP contribution in [0.2, 0.25) is 0 Å². The van der Waals surface area contributed by atoms with E-state index in [1.807, 2.05) is 0 Å². The molecule has 0 spiro atoms. The Hall–Kier alpha value is -0.0800. The Balaban J connectivity index is 2.17. The molecule has 2 heteroatoms. The fourth-order valence-electron chi connectivity index (χ4n) is 2.33. The highest BCUT2D eigenvalue weighted by Crippen LogP contribution is 2.41. The number of nitrogens with one attached hydrogen (secondary N) is 1. The van der Waals surface area contributed by atoms with E-state index in [4.69, 9.17) is 5.73 Å². The third-order valence-electron chi connectivity index (χ3n) is 4.13. The molecule has 0 radical (unpaired) electrons. The van der Waals surface area contributed by atoms with Crippen LogP contribution in [0.1, 0.15) is 46.5 Å². The quantitative estimate of drug-likeness (QED) is 0.680. The molecule has 1 fully saturated rings. The summed E-state index contributed by atoms with van der Waals surface area (Å²) in [5.41, 5.74) is 6.17. The molecule has 1 aliphatic carbocycles. The van der Waals surface area contributed by atoms with E-state index in [1.54, 1.807) is 0 Å². The van der Waals surface area contributed by atoms with Crippen LogP contribution in [0.15, 0.2) is 0 Å². The first-order valence-corrected chi connectivity index (χ1v) is 6.51. The Morgan fingerprint density at radius 1 is 1.40 bits per heavy atom. The average molecular weight is 212 g/mol. The van der Waals surface area contributed by atoms with Crippen LogP contribution in [0.5, 0.6) is 0 Å². The first-order chi connectivity index (χ1) is 7.10. The van der Waals surface area contributed by atoms with Gasteiger partial charge in [0.05, 0.1) is 0 Å². The lowest BCUT2D eigenvalue weighted by Gasteiger charge is -2.40. The Labute approximate surface area is 95.0 Å². The van der Waals surface area contributed by atoms with Gasteiger partial charge in [-0.15, -0.1) is 0 Å². The van der Waals surface area contributed by atoms with Crippen LogP contribution in [-0.2, 0) is 0 Å². The maximum absolute atomic E-state index is 5.69. The fourth-order valence-corrected chi connectivity index (χ4v) is 2.33. The molecule has 0 aromatic heterocycles. The summed E-state index contributed by atoms with van der Waals surface area (Å²) in [5.74, 6) is 1.60. The zero-order valence-electron chi connectivity index (χ0n) is 10.7. The summed E-state index contributed by atoms with van der Waals surface area (Å²) < 4.78 is 0. The van der Waals surface area contributed by atoms with E-state index >= 15 is 0 Å². The molecule has 0 aliphatic heterocycles. The van der Waals surface area contributed by atoms with E-state index in [9.17, 15) is 0 Å². The molecule has 1 rings (SSSR count). The van der Waals surface area contributed by atoms with Crippen LogP contribution in [0.4, 0.5) is 0 Å². The predicted octanol–water partition coefficient (Wildman–Crippen LogP) is 2.39. The van der Waals surface area contributed by atoms with Crippen LogP contribution < -0.4 is 11.1 Å². The molecule has 0 aromatic carbocycles. The molecule has 0 bridgehead atoms. The SMILES string of the molecule is CCC(CN)CNCC(C)(C)C1CCC1. The van der Waals surface area contributed by atoms with Crippen LogP contribution in [-0.4, -0.2) is 19.6 Å². The summed E-state index contributed by atoms with van der Waals surface area (Å²) >= 11 is 0. The predicted molar refractivity (Wildman–Crippen MR) is 66.8 cm³/mol. The van der Waals surface area contributed by atoms with Crippen LogP contribution in [0.25, 0.3) is 0 Å². The van der Waals surface area contributed by atoms with E-state index in [1.165, 1.54) is 25.7 Å². The third-order valence-corrected chi connectivity index (χ3v) is 4.13. The van der Waals surface area contributed by atoms with E-state index in [-0.39, 0.29) is 0 Å². The molecular formula is C13H28N2. The normalized spacial score (nSPS) is 20.0. The largest absolute Gasteiger partial charge is 0.330 e. The first-order valence-electron chi connectivity index (χ1n) is 6.51. The number of rotatable bonds is 7. The minimum Gasteiger partial charge on any atom is -0.330 e. The molecular weight excluding hydrogens is 184 g/mol. The summed E-state index contributed by atoms with van der Waals surface area (Å²) in [6.07, 6.45) is 5.49. The lowest BCUT2D eigenvalue weighted by Crippen LogP contribution is -2.41. The average Bonchev–Trinajstić information content (AvgIpc) is 2.08. The van der Waals surface area contributed by atoms with Gasteiger partial charge in [-0.05, 0) is 43.2 Å². The Morgan fingerprint density at radius 3 is 2.47 bits per heavy atom. The molecule has 1 atom stereocenters. The Morgan fingerprint density at radius 2 is 2.07 bits per heavy atom. The van der Waals surface area contributed by atoms with Crippen molar-refractivity contribution >= 4 is 0 Å². The summed E-state index contributed by atoms with van der Waals surface area (Å²) in [5, 5.41) is 3.60. The molecule has 0 aromatic rings. The summed E-state index contributed by atoms with van der Waals surface area (Å²) in [7, 11) is 0. The van der Waals surface area contributed by atoms with Gasteiger partial charge < -0.3 is 11.1 Å². The molecule has 1 unspecified atom stereocenters. The topological polar surface area (TPSA) is 38.0 Å². The van der Waals surface area contributed by atoms with Crippen LogP contribution in [0, 0.1) is 17.3 Å². The van der Waals surface area contributed by atoms with E-state index < -0.39 is 0 Å². The summed E-state index contributed by atoms with van der Waals surface area (Å²) in [6, 6.07) is 0. The molecule has 0 heterocycles. The van der Waals surface area contributed by atoms with Crippen molar-refractivity contribution in [3.8, 4) is 0 Å². The maximum atomic E-state index is 5.69. The Kier molecular flexibility index (Phi) is 5.07. The zero-order chi connectivity index (χ0) is 11.3. The lowest BCUT2D eigenvalue weighted by atomic mass is 9.67. The molecule has 0 amide bonds.